The third-order valence-electron chi connectivity index (χ3n) is 4.47. The van der Waals surface area contributed by atoms with E-state index in [0.717, 1.165) is 22.5 Å². The molecule has 0 radical (unpaired) electrons. The Morgan fingerprint density at radius 2 is 1.83 bits per heavy atom. The molecule has 0 saturated heterocycles. The van der Waals surface area contributed by atoms with Crippen LogP contribution in [0.4, 0.5) is 5.69 Å². The van der Waals surface area contributed by atoms with Crippen LogP contribution >= 0.6 is 11.8 Å². The zero-order valence-electron chi connectivity index (χ0n) is 16.6. The minimum atomic E-state index is -0.103. The Labute approximate surface area is 178 Å². The number of hydrogen-bond acceptors (Lipinski definition) is 6. The van der Waals surface area contributed by atoms with E-state index in [0.29, 0.717) is 16.7 Å². The molecule has 0 unspecified atom stereocenters. The number of nitrogens with one attached hydrogen (secondary N) is 1. The van der Waals surface area contributed by atoms with Crippen LogP contribution in [-0.2, 0) is 4.79 Å². The van der Waals surface area contributed by atoms with E-state index in [9.17, 15) is 4.79 Å². The first kappa shape index (κ1) is 19.8. The third-order valence-corrected chi connectivity index (χ3v) is 5.40. The van der Waals surface area contributed by atoms with Crippen LogP contribution in [0.3, 0.4) is 0 Å². The van der Waals surface area contributed by atoms with Gasteiger partial charge in [-0.25, -0.2) is 4.98 Å². The molecule has 2 aromatic heterocycles. The highest BCUT2D eigenvalue weighted by Gasteiger charge is 2.18. The molecular weight excluding hydrogens is 396 g/mol. The molecule has 0 fully saturated rings. The molecule has 7 nitrogen and oxygen atoms in total. The Kier molecular flexibility index (Phi) is 5.85. The predicted molar refractivity (Wildman–Crippen MR) is 118 cm³/mol. The van der Waals surface area contributed by atoms with E-state index in [1.54, 1.807) is 18.6 Å². The topological polar surface area (TPSA) is 85.6 Å². The number of rotatable bonds is 6. The summed E-state index contributed by atoms with van der Waals surface area (Å²) in [4.78, 5) is 21.0. The number of thioether (sulfide) groups is 1. The minimum absolute atomic E-state index is 0.103. The Bertz CT molecular complexity index is 1160. The van der Waals surface area contributed by atoms with Crippen molar-refractivity contribution in [1.82, 2.24) is 24.7 Å². The van der Waals surface area contributed by atoms with Gasteiger partial charge in [-0.3, -0.25) is 14.3 Å². The van der Waals surface area contributed by atoms with Crippen molar-refractivity contribution in [3.05, 3.63) is 78.2 Å². The zero-order valence-corrected chi connectivity index (χ0v) is 17.4. The van der Waals surface area contributed by atoms with Gasteiger partial charge in [0.2, 0.25) is 5.91 Å². The van der Waals surface area contributed by atoms with Crippen molar-refractivity contribution in [2.45, 2.75) is 19.0 Å². The van der Waals surface area contributed by atoms with Crippen LogP contribution in [0.25, 0.3) is 17.2 Å². The maximum Gasteiger partial charge on any atom is 0.234 e. The number of anilines is 1. The van der Waals surface area contributed by atoms with E-state index in [2.05, 4.69) is 25.5 Å². The minimum Gasteiger partial charge on any atom is -0.325 e. The first-order valence-corrected chi connectivity index (χ1v) is 10.4. The summed E-state index contributed by atoms with van der Waals surface area (Å²) >= 11 is 1.32. The number of hydrogen-bond donors (Lipinski definition) is 1. The molecular formula is C22H20N6OS. The van der Waals surface area contributed by atoms with Gasteiger partial charge in [-0.05, 0) is 37.6 Å². The van der Waals surface area contributed by atoms with Gasteiger partial charge in [0, 0.05) is 23.8 Å². The summed E-state index contributed by atoms with van der Waals surface area (Å²) in [5.74, 6) is 0.682. The molecule has 2 heterocycles. The van der Waals surface area contributed by atoms with Gasteiger partial charge >= 0.3 is 0 Å². The Morgan fingerprint density at radius 3 is 2.57 bits per heavy atom. The molecule has 8 heteroatoms. The van der Waals surface area contributed by atoms with Crippen molar-refractivity contribution in [3.8, 4) is 17.2 Å². The monoisotopic (exact) mass is 416 g/mol. The number of carbonyl (C=O) groups excluding carboxylic acids is 1. The number of benzene rings is 2. The number of aromatic nitrogens is 5. The second kappa shape index (κ2) is 8.87. The van der Waals surface area contributed by atoms with Crippen LogP contribution < -0.4 is 5.32 Å². The van der Waals surface area contributed by atoms with E-state index in [4.69, 9.17) is 0 Å². The van der Waals surface area contributed by atoms with Gasteiger partial charge < -0.3 is 5.32 Å². The molecule has 30 heavy (non-hydrogen) atoms. The average molecular weight is 417 g/mol. The number of nitrogens with zero attached hydrogens (tertiary/aromatic N) is 5. The van der Waals surface area contributed by atoms with Crippen LogP contribution in [0.1, 0.15) is 11.1 Å². The van der Waals surface area contributed by atoms with E-state index in [-0.39, 0.29) is 11.7 Å². The maximum atomic E-state index is 12.5. The summed E-state index contributed by atoms with van der Waals surface area (Å²) in [5.41, 5.74) is 4.49. The number of amides is 1. The van der Waals surface area contributed by atoms with Gasteiger partial charge in [0.1, 0.15) is 5.69 Å². The smallest absolute Gasteiger partial charge is 0.234 e. The van der Waals surface area contributed by atoms with E-state index in [1.807, 2.05) is 66.9 Å². The normalized spacial score (nSPS) is 10.7. The second-order valence-electron chi connectivity index (χ2n) is 6.72. The number of para-hydroxylation sites is 1. The summed E-state index contributed by atoms with van der Waals surface area (Å²) in [7, 11) is 0. The summed E-state index contributed by atoms with van der Waals surface area (Å²) < 4.78 is 1.90. The Hall–Kier alpha value is -3.52. The molecule has 0 spiro atoms. The second-order valence-corrected chi connectivity index (χ2v) is 7.66. The predicted octanol–water partition coefficient (Wildman–Crippen LogP) is 4.07. The van der Waals surface area contributed by atoms with Gasteiger partial charge in [-0.1, -0.05) is 47.7 Å². The van der Waals surface area contributed by atoms with Gasteiger partial charge in [0.05, 0.1) is 11.9 Å². The molecule has 1 N–H and O–H groups in total. The van der Waals surface area contributed by atoms with E-state index < -0.39 is 0 Å². The fraction of sp³-hybridized carbons (Fsp3) is 0.136. The SMILES string of the molecule is Cc1ccc(-n2c(SCC(=O)Nc3ccccc3C)nnc2-c2cnccn2)cc1. The highest BCUT2D eigenvalue weighted by molar-refractivity contribution is 7.99. The highest BCUT2D eigenvalue weighted by Crippen LogP contribution is 2.27. The number of carbonyl (C=O) groups is 1. The first-order chi connectivity index (χ1) is 14.6. The summed E-state index contributed by atoms with van der Waals surface area (Å²) in [6, 6.07) is 15.7. The average Bonchev–Trinajstić information content (AvgIpc) is 3.19. The molecule has 1 amide bonds. The molecule has 0 saturated carbocycles. The van der Waals surface area contributed by atoms with Crippen LogP contribution in [0.15, 0.2) is 72.3 Å². The van der Waals surface area contributed by atoms with Crippen LogP contribution in [0.2, 0.25) is 0 Å². The van der Waals surface area contributed by atoms with E-state index >= 15 is 0 Å². The largest absolute Gasteiger partial charge is 0.325 e. The molecule has 0 aliphatic rings. The van der Waals surface area contributed by atoms with Crippen molar-refractivity contribution in [3.63, 3.8) is 0 Å². The molecule has 4 rings (SSSR count). The lowest BCUT2D eigenvalue weighted by Crippen LogP contribution is -2.15. The standard InChI is InChI=1S/C22H20N6OS/c1-15-7-9-17(10-8-15)28-21(19-13-23-11-12-24-19)26-27-22(28)30-14-20(29)25-18-6-4-3-5-16(18)2/h3-13H,14H2,1-2H3,(H,25,29). The van der Waals surface area contributed by atoms with Crippen molar-refractivity contribution in [1.29, 1.82) is 0 Å². The molecule has 0 bridgehead atoms. The quantitative estimate of drug-likeness (QED) is 0.477. The van der Waals surface area contributed by atoms with Crippen molar-refractivity contribution < 1.29 is 4.79 Å². The van der Waals surface area contributed by atoms with Crippen LogP contribution in [0.5, 0.6) is 0 Å². The number of aryl methyl sites for hydroxylation is 2. The zero-order chi connectivity index (χ0) is 20.9. The van der Waals surface area contributed by atoms with Crippen molar-refractivity contribution >= 4 is 23.4 Å². The van der Waals surface area contributed by atoms with Gasteiger partial charge in [0.15, 0.2) is 11.0 Å². The fourth-order valence-electron chi connectivity index (χ4n) is 2.90. The maximum absolute atomic E-state index is 12.5. The molecule has 0 aliphatic heterocycles. The lowest BCUT2D eigenvalue weighted by molar-refractivity contribution is -0.113. The molecule has 4 aromatic rings. The van der Waals surface area contributed by atoms with Gasteiger partial charge in [-0.2, -0.15) is 0 Å². The fourth-order valence-corrected chi connectivity index (χ4v) is 3.65. The Balaban J connectivity index is 1.60. The molecule has 2 aromatic carbocycles. The third kappa shape index (κ3) is 4.38. The molecule has 0 atom stereocenters. The first-order valence-electron chi connectivity index (χ1n) is 9.39. The van der Waals surface area contributed by atoms with E-state index in [1.165, 1.54) is 11.8 Å². The van der Waals surface area contributed by atoms with Crippen LogP contribution in [-0.4, -0.2) is 36.4 Å². The molecule has 150 valence electrons. The lowest BCUT2D eigenvalue weighted by Gasteiger charge is -2.11. The van der Waals surface area contributed by atoms with Crippen LogP contribution in [0, 0.1) is 13.8 Å². The van der Waals surface area contributed by atoms with Gasteiger partial charge in [0.25, 0.3) is 0 Å². The van der Waals surface area contributed by atoms with Crippen molar-refractivity contribution in [2.75, 3.05) is 11.1 Å². The Morgan fingerprint density at radius 1 is 1.03 bits per heavy atom. The summed E-state index contributed by atoms with van der Waals surface area (Å²) in [6.07, 6.45) is 4.88. The van der Waals surface area contributed by atoms with Crippen molar-refractivity contribution in [2.24, 2.45) is 0 Å². The summed E-state index contributed by atoms with van der Waals surface area (Å²) in [5, 5.41) is 12.2. The van der Waals surface area contributed by atoms with Gasteiger partial charge in [-0.15, -0.1) is 10.2 Å². The molecule has 0 aliphatic carbocycles. The lowest BCUT2D eigenvalue weighted by atomic mass is 10.2. The highest BCUT2D eigenvalue weighted by atomic mass is 32.2. The summed E-state index contributed by atoms with van der Waals surface area (Å²) in [6.45, 7) is 4.00.